The Bertz CT molecular complexity index is 848. The van der Waals surface area contributed by atoms with Gasteiger partial charge in [0, 0.05) is 19.6 Å². The quantitative estimate of drug-likeness (QED) is 0.777. The van der Waals surface area contributed by atoms with Crippen molar-refractivity contribution >= 4 is 31.6 Å². The number of halogens is 2. The average Bonchev–Trinajstić information content (AvgIpc) is 3.41. The minimum atomic E-state index is -3.78. The summed E-state index contributed by atoms with van der Waals surface area (Å²) < 4.78 is 66.1. The Morgan fingerprint density at radius 3 is 2.32 bits per heavy atom. The van der Waals surface area contributed by atoms with Crippen LogP contribution in [0.3, 0.4) is 0 Å². The van der Waals surface area contributed by atoms with Crippen LogP contribution in [0.25, 0.3) is 0 Å². The lowest BCUT2D eigenvalue weighted by atomic mass is 9.99. The number of nitrogens with one attached hydrogen (secondary N) is 1. The van der Waals surface area contributed by atoms with Crippen molar-refractivity contribution in [2.24, 2.45) is 5.92 Å². The van der Waals surface area contributed by atoms with Gasteiger partial charge in [0.1, 0.15) is 5.82 Å². The number of hydrogen-bond acceptors (Lipinski definition) is 4. The molecule has 1 aliphatic carbocycles. The van der Waals surface area contributed by atoms with Gasteiger partial charge in [-0.05, 0) is 49.8 Å². The van der Waals surface area contributed by atoms with Crippen molar-refractivity contribution < 1.29 is 21.2 Å². The van der Waals surface area contributed by atoms with Crippen LogP contribution in [0, 0.1) is 11.7 Å². The summed E-state index contributed by atoms with van der Waals surface area (Å²) in [4.78, 5) is -0.0901. The zero-order chi connectivity index (χ0) is 18.2. The van der Waals surface area contributed by atoms with Gasteiger partial charge >= 0.3 is 0 Å². The highest BCUT2D eigenvalue weighted by molar-refractivity contribution is 7.90. The van der Waals surface area contributed by atoms with Crippen LogP contribution in [0.4, 0.5) is 4.39 Å². The van der Waals surface area contributed by atoms with E-state index in [0.29, 0.717) is 25.9 Å². The highest BCUT2D eigenvalue weighted by atomic mass is 35.5. The number of nitrogens with zero attached hydrogens (tertiary/aromatic N) is 1. The van der Waals surface area contributed by atoms with Crippen molar-refractivity contribution in [3.63, 3.8) is 0 Å². The van der Waals surface area contributed by atoms with Gasteiger partial charge in [0.2, 0.25) is 20.0 Å². The summed E-state index contributed by atoms with van der Waals surface area (Å²) in [6.45, 7) is 1.07. The number of rotatable bonds is 6. The second-order valence-corrected chi connectivity index (χ2v) is 10.9. The van der Waals surface area contributed by atoms with E-state index in [-0.39, 0.29) is 27.6 Å². The molecule has 3 rings (SSSR count). The lowest BCUT2D eigenvalue weighted by Gasteiger charge is -2.31. The molecule has 140 valence electrons. The van der Waals surface area contributed by atoms with Gasteiger partial charge in [-0.15, -0.1) is 0 Å². The zero-order valence-electron chi connectivity index (χ0n) is 13.5. The summed E-state index contributed by atoms with van der Waals surface area (Å²) in [5.74, 6) is -0.610. The summed E-state index contributed by atoms with van der Waals surface area (Å²) >= 11 is 5.63. The molecule has 1 saturated carbocycles. The molecule has 25 heavy (non-hydrogen) atoms. The first-order chi connectivity index (χ1) is 11.7. The van der Waals surface area contributed by atoms with E-state index in [1.807, 2.05) is 0 Å². The molecule has 2 aliphatic rings. The Hall–Kier alpha value is -0.740. The molecular formula is C15H20ClFN2O4S2. The van der Waals surface area contributed by atoms with E-state index in [1.165, 1.54) is 4.31 Å². The van der Waals surface area contributed by atoms with E-state index in [0.717, 1.165) is 31.0 Å². The van der Waals surface area contributed by atoms with Crippen molar-refractivity contribution in [1.82, 2.24) is 9.03 Å². The van der Waals surface area contributed by atoms with Crippen LogP contribution in [0.5, 0.6) is 0 Å². The molecule has 10 heteroatoms. The molecule has 1 aromatic carbocycles. The largest absolute Gasteiger partial charge is 0.240 e. The monoisotopic (exact) mass is 410 g/mol. The second-order valence-electron chi connectivity index (χ2n) is 6.51. The van der Waals surface area contributed by atoms with Gasteiger partial charge in [-0.25, -0.2) is 30.3 Å². The number of benzene rings is 1. The fourth-order valence-electron chi connectivity index (χ4n) is 2.90. The fraction of sp³-hybridized carbons (Fsp3) is 0.600. The minimum absolute atomic E-state index is 0.0661. The number of hydrogen-bond donors (Lipinski definition) is 1. The fourth-order valence-corrected chi connectivity index (χ4v) is 6.16. The molecule has 0 spiro atoms. The third kappa shape index (κ3) is 4.33. The van der Waals surface area contributed by atoms with E-state index in [1.54, 1.807) is 0 Å². The van der Waals surface area contributed by atoms with Crippen molar-refractivity contribution in [3.8, 4) is 0 Å². The van der Waals surface area contributed by atoms with Crippen LogP contribution in [0.1, 0.15) is 25.7 Å². The Kier molecular flexibility index (Phi) is 5.41. The van der Waals surface area contributed by atoms with Gasteiger partial charge in [0.25, 0.3) is 0 Å². The van der Waals surface area contributed by atoms with Gasteiger partial charge < -0.3 is 0 Å². The highest BCUT2D eigenvalue weighted by Gasteiger charge is 2.41. The molecule has 1 heterocycles. The molecule has 6 nitrogen and oxygen atoms in total. The molecule has 1 aromatic rings. The van der Waals surface area contributed by atoms with Crippen LogP contribution in [-0.2, 0) is 20.0 Å². The molecule has 0 unspecified atom stereocenters. The average molecular weight is 411 g/mol. The summed E-state index contributed by atoms with van der Waals surface area (Å²) in [6.07, 6.45) is 2.70. The summed E-state index contributed by atoms with van der Waals surface area (Å²) in [5.41, 5.74) is 0. The van der Waals surface area contributed by atoms with Crippen molar-refractivity contribution in [2.75, 3.05) is 19.6 Å². The smallest absolute Gasteiger partial charge is 0.212 e. The number of sulfonamides is 2. The van der Waals surface area contributed by atoms with E-state index >= 15 is 0 Å². The molecule has 0 bridgehead atoms. The van der Waals surface area contributed by atoms with Crippen molar-refractivity contribution in [1.29, 1.82) is 0 Å². The highest BCUT2D eigenvalue weighted by Crippen LogP contribution is 2.33. The van der Waals surface area contributed by atoms with Crippen LogP contribution in [0.15, 0.2) is 23.1 Å². The molecule has 0 aromatic heterocycles. The Labute approximate surface area is 152 Å². The molecule has 1 N–H and O–H groups in total. The van der Waals surface area contributed by atoms with Gasteiger partial charge in [0.15, 0.2) is 0 Å². The molecule has 1 saturated heterocycles. The normalized spacial score (nSPS) is 20.7. The molecule has 0 atom stereocenters. The Morgan fingerprint density at radius 2 is 1.76 bits per heavy atom. The standard InChI is InChI=1S/C15H20ClFN2O4S2/c16-14-9-13(3-4-15(14)17)24(20,21)18-10-11-5-7-19(8-6-11)25(22,23)12-1-2-12/h3-4,9,11-12,18H,1-2,5-8,10H2. The maximum Gasteiger partial charge on any atom is 0.240 e. The lowest BCUT2D eigenvalue weighted by molar-refractivity contribution is 0.274. The third-order valence-electron chi connectivity index (χ3n) is 4.64. The van der Waals surface area contributed by atoms with Crippen LogP contribution in [-0.4, -0.2) is 46.0 Å². The zero-order valence-corrected chi connectivity index (χ0v) is 15.9. The lowest BCUT2D eigenvalue weighted by Crippen LogP contribution is -2.42. The molecular weight excluding hydrogens is 391 g/mol. The van der Waals surface area contributed by atoms with Crippen LogP contribution in [0.2, 0.25) is 5.02 Å². The first kappa shape index (κ1) is 19.0. The predicted octanol–water partition coefficient (Wildman–Crippen LogP) is 1.96. The summed E-state index contributed by atoms with van der Waals surface area (Å²) in [5, 5.41) is -0.466. The van der Waals surface area contributed by atoms with Gasteiger partial charge in [-0.3, -0.25) is 0 Å². The Morgan fingerprint density at radius 1 is 1.12 bits per heavy atom. The van der Waals surface area contributed by atoms with E-state index < -0.39 is 25.9 Å². The van der Waals surface area contributed by atoms with Gasteiger partial charge in [0.05, 0.1) is 15.2 Å². The third-order valence-corrected chi connectivity index (χ3v) is 8.75. The molecule has 0 amide bonds. The van der Waals surface area contributed by atoms with E-state index in [9.17, 15) is 21.2 Å². The topological polar surface area (TPSA) is 83.6 Å². The van der Waals surface area contributed by atoms with Crippen molar-refractivity contribution in [3.05, 3.63) is 29.0 Å². The van der Waals surface area contributed by atoms with E-state index in [2.05, 4.69) is 4.72 Å². The Balaban J connectivity index is 1.55. The van der Waals surface area contributed by atoms with E-state index in [4.69, 9.17) is 11.6 Å². The first-order valence-electron chi connectivity index (χ1n) is 8.14. The van der Waals surface area contributed by atoms with Crippen molar-refractivity contribution in [2.45, 2.75) is 35.8 Å². The van der Waals surface area contributed by atoms with Gasteiger partial charge in [-0.2, -0.15) is 0 Å². The summed E-state index contributed by atoms with van der Waals surface area (Å²) in [7, 11) is -6.94. The summed E-state index contributed by atoms with van der Waals surface area (Å²) in [6, 6.07) is 3.25. The second kappa shape index (κ2) is 7.11. The number of piperidine rings is 1. The molecule has 0 radical (unpaired) electrons. The first-order valence-corrected chi connectivity index (χ1v) is 11.5. The van der Waals surface area contributed by atoms with Crippen LogP contribution >= 0.6 is 11.6 Å². The predicted molar refractivity (Wildman–Crippen MR) is 92.8 cm³/mol. The minimum Gasteiger partial charge on any atom is -0.212 e. The maximum atomic E-state index is 13.2. The molecule has 1 aliphatic heterocycles. The maximum absolute atomic E-state index is 13.2. The van der Waals surface area contributed by atoms with Crippen LogP contribution < -0.4 is 4.72 Å². The van der Waals surface area contributed by atoms with Gasteiger partial charge in [-0.1, -0.05) is 11.6 Å². The SMILES string of the molecule is O=S(=O)(NCC1CCN(S(=O)(=O)C2CC2)CC1)c1ccc(F)c(Cl)c1. The molecule has 2 fully saturated rings.